The van der Waals surface area contributed by atoms with Gasteiger partial charge in [-0.15, -0.1) is 0 Å². The SMILES string of the molecule is COc1cc2ccc(C(C)N)cc2cc1OC. The molecule has 2 aromatic carbocycles. The normalized spacial score (nSPS) is 12.5. The predicted octanol–water partition coefficient (Wildman–Crippen LogP) is 2.88. The van der Waals surface area contributed by atoms with Gasteiger partial charge in [0.25, 0.3) is 0 Å². The average Bonchev–Trinajstić information content (AvgIpc) is 2.36. The summed E-state index contributed by atoms with van der Waals surface area (Å²) in [6.45, 7) is 1.97. The van der Waals surface area contributed by atoms with Gasteiger partial charge in [-0.3, -0.25) is 0 Å². The third-order valence-corrected chi connectivity index (χ3v) is 2.89. The van der Waals surface area contributed by atoms with E-state index >= 15 is 0 Å². The molecule has 0 saturated carbocycles. The molecular formula is C14H17NO2. The van der Waals surface area contributed by atoms with Crippen LogP contribution in [0.4, 0.5) is 0 Å². The molecule has 0 aliphatic carbocycles. The molecule has 2 rings (SSSR count). The quantitative estimate of drug-likeness (QED) is 0.883. The van der Waals surface area contributed by atoms with E-state index in [1.807, 2.05) is 25.1 Å². The van der Waals surface area contributed by atoms with E-state index in [0.717, 1.165) is 27.8 Å². The summed E-state index contributed by atoms with van der Waals surface area (Å²) in [6.07, 6.45) is 0. The summed E-state index contributed by atoms with van der Waals surface area (Å²) >= 11 is 0. The van der Waals surface area contributed by atoms with Crippen LogP contribution >= 0.6 is 0 Å². The number of ether oxygens (including phenoxy) is 2. The number of methoxy groups -OCH3 is 2. The van der Waals surface area contributed by atoms with Gasteiger partial charge in [0.1, 0.15) is 0 Å². The van der Waals surface area contributed by atoms with Crippen LogP contribution in [0.15, 0.2) is 30.3 Å². The molecule has 2 aromatic rings. The van der Waals surface area contributed by atoms with Crippen LogP contribution in [-0.4, -0.2) is 14.2 Å². The van der Waals surface area contributed by atoms with Crippen molar-refractivity contribution in [2.45, 2.75) is 13.0 Å². The van der Waals surface area contributed by atoms with Gasteiger partial charge in [-0.25, -0.2) is 0 Å². The van der Waals surface area contributed by atoms with Gasteiger partial charge in [-0.1, -0.05) is 12.1 Å². The maximum absolute atomic E-state index is 5.88. The fourth-order valence-corrected chi connectivity index (χ4v) is 1.88. The van der Waals surface area contributed by atoms with Gasteiger partial charge < -0.3 is 15.2 Å². The van der Waals surface area contributed by atoms with Crippen LogP contribution in [0.25, 0.3) is 10.8 Å². The predicted molar refractivity (Wildman–Crippen MR) is 69.7 cm³/mol. The summed E-state index contributed by atoms with van der Waals surface area (Å²) < 4.78 is 10.6. The van der Waals surface area contributed by atoms with Crippen molar-refractivity contribution in [3.05, 3.63) is 35.9 Å². The molecule has 0 spiro atoms. The van der Waals surface area contributed by atoms with Gasteiger partial charge in [0.2, 0.25) is 0 Å². The van der Waals surface area contributed by atoms with E-state index in [0.29, 0.717) is 0 Å². The topological polar surface area (TPSA) is 44.5 Å². The summed E-state index contributed by atoms with van der Waals surface area (Å²) in [4.78, 5) is 0. The molecule has 0 heterocycles. The highest BCUT2D eigenvalue weighted by Gasteiger charge is 2.07. The lowest BCUT2D eigenvalue weighted by Crippen LogP contribution is -2.04. The molecule has 0 aliphatic heterocycles. The Kier molecular flexibility index (Phi) is 3.20. The van der Waals surface area contributed by atoms with Gasteiger partial charge in [-0.05, 0) is 41.5 Å². The zero-order valence-electron chi connectivity index (χ0n) is 10.4. The highest BCUT2D eigenvalue weighted by Crippen LogP contribution is 2.32. The fraction of sp³-hybridized carbons (Fsp3) is 0.286. The second-order valence-corrected chi connectivity index (χ2v) is 4.10. The maximum atomic E-state index is 5.88. The zero-order chi connectivity index (χ0) is 12.4. The second-order valence-electron chi connectivity index (χ2n) is 4.10. The minimum Gasteiger partial charge on any atom is -0.493 e. The number of fused-ring (bicyclic) bond motifs is 1. The molecule has 0 amide bonds. The van der Waals surface area contributed by atoms with E-state index in [9.17, 15) is 0 Å². The van der Waals surface area contributed by atoms with E-state index in [-0.39, 0.29) is 6.04 Å². The highest BCUT2D eigenvalue weighted by molar-refractivity contribution is 5.86. The molecule has 0 aromatic heterocycles. The van der Waals surface area contributed by atoms with Crippen molar-refractivity contribution in [1.29, 1.82) is 0 Å². The van der Waals surface area contributed by atoms with E-state index in [4.69, 9.17) is 15.2 Å². The summed E-state index contributed by atoms with van der Waals surface area (Å²) in [7, 11) is 3.28. The highest BCUT2D eigenvalue weighted by atomic mass is 16.5. The van der Waals surface area contributed by atoms with Crippen molar-refractivity contribution in [1.82, 2.24) is 0 Å². The van der Waals surface area contributed by atoms with Gasteiger partial charge in [-0.2, -0.15) is 0 Å². The van der Waals surface area contributed by atoms with Crippen molar-refractivity contribution in [3.8, 4) is 11.5 Å². The molecule has 1 unspecified atom stereocenters. The second kappa shape index (κ2) is 4.63. The summed E-state index contributed by atoms with van der Waals surface area (Å²) in [5.41, 5.74) is 6.99. The Bertz CT molecular complexity index is 535. The molecule has 0 bridgehead atoms. The van der Waals surface area contributed by atoms with Crippen LogP contribution in [0.3, 0.4) is 0 Å². The molecule has 0 radical (unpaired) electrons. The fourth-order valence-electron chi connectivity index (χ4n) is 1.88. The minimum absolute atomic E-state index is 0.0347. The molecule has 1 atom stereocenters. The molecular weight excluding hydrogens is 214 g/mol. The third kappa shape index (κ3) is 2.19. The van der Waals surface area contributed by atoms with E-state index in [1.165, 1.54) is 0 Å². The Balaban J connectivity index is 2.62. The lowest BCUT2D eigenvalue weighted by atomic mass is 10.0. The first kappa shape index (κ1) is 11.7. The van der Waals surface area contributed by atoms with E-state index < -0.39 is 0 Å². The van der Waals surface area contributed by atoms with Crippen LogP contribution in [0.5, 0.6) is 11.5 Å². The lowest BCUT2D eigenvalue weighted by molar-refractivity contribution is 0.356. The molecule has 3 heteroatoms. The molecule has 0 saturated heterocycles. The molecule has 90 valence electrons. The smallest absolute Gasteiger partial charge is 0.161 e. The molecule has 0 aliphatic rings. The molecule has 3 nitrogen and oxygen atoms in total. The molecule has 17 heavy (non-hydrogen) atoms. The van der Waals surface area contributed by atoms with Crippen molar-refractivity contribution in [3.63, 3.8) is 0 Å². The Hall–Kier alpha value is -1.74. The zero-order valence-corrected chi connectivity index (χ0v) is 10.4. The summed E-state index contributed by atoms with van der Waals surface area (Å²) in [6, 6.07) is 10.2. The van der Waals surface area contributed by atoms with Crippen molar-refractivity contribution >= 4 is 10.8 Å². The molecule has 2 N–H and O–H groups in total. The largest absolute Gasteiger partial charge is 0.493 e. The Labute approximate surface area is 101 Å². The van der Waals surface area contributed by atoms with Gasteiger partial charge in [0.15, 0.2) is 11.5 Å². The number of hydrogen-bond acceptors (Lipinski definition) is 3. The van der Waals surface area contributed by atoms with Crippen molar-refractivity contribution < 1.29 is 9.47 Å². The minimum atomic E-state index is 0.0347. The Morgan fingerprint density at radius 2 is 1.53 bits per heavy atom. The lowest BCUT2D eigenvalue weighted by Gasteiger charge is -2.11. The van der Waals surface area contributed by atoms with Crippen molar-refractivity contribution in [2.24, 2.45) is 5.73 Å². The first-order chi connectivity index (χ1) is 8.15. The van der Waals surface area contributed by atoms with Gasteiger partial charge >= 0.3 is 0 Å². The summed E-state index contributed by atoms with van der Waals surface area (Å²) in [5.74, 6) is 1.48. The maximum Gasteiger partial charge on any atom is 0.161 e. The Morgan fingerprint density at radius 1 is 0.941 bits per heavy atom. The standard InChI is InChI=1S/C14H17NO2/c1-9(15)10-4-5-11-7-13(16-2)14(17-3)8-12(11)6-10/h4-9H,15H2,1-3H3. The van der Waals surface area contributed by atoms with Crippen molar-refractivity contribution in [2.75, 3.05) is 14.2 Å². The number of nitrogens with two attached hydrogens (primary N) is 1. The summed E-state index contributed by atoms with van der Waals surface area (Å²) in [5, 5.41) is 2.23. The average molecular weight is 231 g/mol. The van der Waals surface area contributed by atoms with Crippen LogP contribution in [-0.2, 0) is 0 Å². The Morgan fingerprint density at radius 3 is 2.06 bits per heavy atom. The van der Waals surface area contributed by atoms with E-state index in [2.05, 4.69) is 12.1 Å². The van der Waals surface area contributed by atoms with Crippen LogP contribution in [0, 0.1) is 0 Å². The number of rotatable bonds is 3. The van der Waals surface area contributed by atoms with Crippen LogP contribution in [0.2, 0.25) is 0 Å². The van der Waals surface area contributed by atoms with Crippen LogP contribution < -0.4 is 15.2 Å². The van der Waals surface area contributed by atoms with Crippen LogP contribution in [0.1, 0.15) is 18.5 Å². The molecule has 0 fully saturated rings. The van der Waals surface area contributed by atoms with Gasteiger partial charge in [0, 0.05) is 6.04 Å². The monoisotopic (exact) mass is 231 g/mol. The number of hydrogen-bond donors (Lipinski definition) is 1. The first-order valence-electron chi connectivity index (χ1n) is 5.57. The van der Waals surface area contributed by atoms with Gasteiger partial charge in [0.05, 0.1) is 14.2 Å². The first-order valence-corrected chi connectivity index (χ1v) is 5.57. The third-order valence-electron chi connectivity index (χ3n) is 2.89. The van der Waals surface area contributed by atoms with E-state index in [1.54, 1.807) is 14.2 Å². The number of benzene rings is 2.